The standard InChI is InChI=1S/C27H33BFNO5/c1-17(2)30-11-10-21-22(28-34-26(3,4)27(5,6)35-28)12-18(13-23(21)30)16-33-24-9-8-20(29)14-19(24)15-25(31)32-7/h8-14,17H,15-16H2,1-7H3. The lowest BCUT2D eigenvalue weighted by Crippen LogP contribution is -2.41. The van der Waals surface area contributed by atoms with Gasteiger partial charge in [0.25, 0.3) is 0 Å². The van der Waals surface area contributed by atoms with Gasteiger partial charge in [0.1, 0.15) is 18.2 Å². The molecule has 0 aliphatic carbocycles. The second kappa shape index (κ2) is 9.32. The van der Waals surface area contributed by atoms with E-state index in [-0.39, 0.29) is 19.1 Å². The summed E-state index contributed by atoms with van der Waals surface area (Å²) in [4.78, 5) is 11.8. The van der Waals surface area contributed by atoms with Gasteiger partial charge in [0.05, 0.1) is 24.7 Å². The molecule has 0 atom stereocenters. The second-order valence-corrected chi connectivity index (χ2v) is 10.3. The summed E-state index contributed by atoms with van der Waals surface area (Å²) in [5, 5.41) is 1.06. The predicted octanol–water partition coefficient (Wildman–Crippen LogP) is 4.96. The Hall–Kier alpha value is -2.84. The highest BCUT2D eigenvalue weighted by Crippen LogP contribution is 2.37. The fourth-order valence-corrected chi connectivity index (χ4v) is 4.27. The molecule has 0 N–H and O–H groups in total. The number of carbonyl (C=O) groups is 1. The number of rotatable bonds is 7. The number of esters is 1. The van der Waals surface area contributed by atoms with Crippen LogP contribution in [0.15, 0.2) is 42.6 Å². The summed E-state index contributed by atoms with van der Waals surface area (Å²) < 4.78 is 39.6. The van der Waals surface area contributed by atoms with Crippen LogP contribution in [0.25, 0.3) is 10.9 Å². The Kier molecular flexibility index (Phi) is 6.73. The average molecular weight is 481 g/mol. The van der Waals surface area contributed by atoms with Gasteiger partial charge in [-0.25, -0.2) is 4.39 Å². The molecular weight excluding hydrogens is 448 g/mol. The number of hydrogen-bond acceptors (Lipinski definition) is 5. The van der Waals surface area contributed by atoms with E-state index in [4.69, 9.17) is 18.8 Å². The normalized spacial score (nSPS) is 16.8. The second-order valence-electron chi connectivity index (χ2n) is 10.3. The number of hydrogen-bond donors (Lipinski definition) is 0. The smallest absolute Gasteiger partial charge is 0.489 e. The molecule has 0 unspecified atom stereocenters. The Labute approximate surface area is 206 Å². The minimum atomic E-state index is -0.522. The van der Waals surface area contributed by atoms with Gasteiger partial charge in [0.15, 0.2) is 0 Å². The van der Waals surface area contributed by atoms with E-state index >= 15 is 0 Å². The Balaban J connectivity index is 1.70. The monoisotopic (exact) mass is 481 g/mol. The molecule has 8 heteroatoms. The van der Waals surface area contributed by atoms with E-state index in [0.717, 1.165) is 21.9 Å². The lowest BCUT2D eigenvalue weighted by atomic mass is 9.76. The number of aromatic nitrogens is 1. The molecule has 1 aromatic heterocycles. The number of carbonyl (C=O) groups excluding carboxylic acids is 1. The number of halogens is 1. The Morgan fingerprint density at radius 1 is 1.09 bits per heavy atom. The predicted molar refractivity (Wildman–Crippen MR) is 134 cm³/mol. The van der Waals surface area contributed by atoms with Gasteiger partial charge in [-0.1, -0.05) is 6.07 Å². The minimum absolute atomic E-state index is 0.0714. The molecule has 6 nitrogen and oxygen atoms in total. The lowest BCUT2D eigenvalue weighted by molar-refractivity contribution is -0.139. The van der Waals surface area contributed by atoms with Crippen molar-refractivity contribution in [2.24, 2.45) is 0 Å². The SMILES string of the molecule is COC(=O)Cc1cc(F)ccc1OCc1cc(B2OC(C)(C)C(C)(C)O2)c2ccn(C(C)C)c2c1. The van der Waals surface area contributed by atoms with Crippen LogP contribution in [-0.2, 0) is 31.9 Å². The largest absolute Gasteiger partial charge is 0.495 e. The summed E-state index contributed by atoms with van der Waals surface area (Å²) in [6, 6.07) is 10.6. The van der Waals surface area contributed by atoms with Crippen LogP contribution in [-0.4, -0.2) is 36.0 Å². The number of ether oxygens (including phenoxy) is 2. The average Bonchev–Trinajstić information content (AvgIpc) is 3.30. The molecule has 186 valence electrons. The van der Waals surface area contributed by atoms with Gasteiger partial charge in [-0.05, 0) is 88.3 Å². The van der Waals surface area contributed by atoms with E-state index in [1.165, 1.54) is 25.3 Å². The summed E-state index contributed by atoms with van der Waals surface area (Å²) in [5.74, 6) is -0.455. The Bertz CT molecular complexity index is 1230. The highest BCUT2D eigenvalue weighted by molar-refractivity contribution is 6.65. The molecule has 0 bridgehead atoms. The van der Waals surface area contributed by atoms with Crippen molar-refractivity contribution in [2.75, 3.05) is 7.11 Å². The van der Waals surface area contributed by atoms with Crippen molar-refractivity contribution in [3.05, 3.63) is 59.5 Å². The third kappa shape index (κ3) is 4.95. The van der Waals surface area contributed by atoms with Crippen molar-refractivity contribution in [1.82, 2.24) is 4.57 Å². The fourth-order valence-electron chi connectivity index (χ4n) is 4.27. The number of fused-ring (bicyclic) bond motifs is 1. The first kappa shape index (κ1) is 25.3. The summed E-state index contributed by atoms with van der Waals surface area (Å²) in [5.41, 5.74) is 2.42. The van der Waals surface area contributed by atoms with Gasteiger partial charge >= 0.3 is 13.1 Å². The van der Waals surface area contributed by atoms with Crippen LogP contribution in [0.4, 0.5) is 4.39 Å². The third-order valence-corrected chi connectivity index (χ3v) is 6.97. The minimum Gasteiger partial charge on any atom is -0.489 e. The summed E-state index contributed by atoms with van der Waals surface area (Å²) in [7, 11) is 0.782. The molecule has 1 aliphatic rings. The molecule has 4 rings (SSSR count). The van der Waals surface area contributed by atoms with E-state index in [1.807, 2.05) is 33.8 Å². The first-order valence-electron chi connectivity index (χ1n) is 11.9. The van der Waals surface area contributed by atoms with E-state index in [1.54, 1.807) is 0 Å². The molecule has 35 heavy (non-hydrogen) atoms. The van der Waals surface area contributed by atoms with E-state index in [2.05, 4.69) is 36.7 Å². The van der Waals surface area contributed by atoms with Crippen molar-refractivity contribution in [3.63, 3.8) is 0 Å². The van der Waals surface area contributed by atoms with Gasteiger partial charge in [-0.15, -0.1) is 0 Å². The number of nitrogens with zero attached hydrogens (tertiary/aromatic N) is 1. The van der Waals surface area contributed by atoms with Crippen LogP contribution in [0.5, 0.6) is 5.75 Å². The molecule has 2 heterocycles. The first-order valence-corrected chi connectivity index (χ1v) is 11.9. The number of benzene rings is 2. The molecule has 2 aromatic carbocycles. The molecule has 3 aromatic rings. The van der Waals surface area contributed by atoms with Gasteiger partial charge in [-0.3, -0.25) is 4.79 Å². The zero-order valence-electron chi connectivity index (χ0n) is 21.5. The first-order chi connectivity index (χ1) is 16.4. The van der Waals surface area contributed by atoms with Crippen LogP contribution in [0.3, 0.4) is 0 Å². The highest BCUT2D eigenvalue weighted by Gasteiger charge is 2.52. The Morgan fingerprint density at radius 2 is 1.77 bits per heavy atom. The van der Waals surface area contributed by atoms with Crippen LogP contribution in [0.2, 0.25) is 0 Å². The fraction of sp³-hybridized carbons (Fsp3) is 0.444. The van der Waals surface area contributed by atoms with E-state index in [9.17, 15) is 9.18 Å². The zero-order valence-corrected chi connectivity index (χ0v) is 21.5. The van der Waals surface area contributed by atoms with Crippen LogP contribution in [0, 0.1) is 5.82 Å². The van der Waals surface area contributed by atoms with Crippen molar-refractivity contribution in [2.45, 2.75) is 71.8 Å². The third-order valence-electron chi connectivity index (χ3n) is 6.97. The van der Waals surface area contributed by atoms with Gasteiger partial charge in [-0.2, -0.15) is 0 Å². The maximum atomic E-state index is 13.8. The zero-order chi connectivity index (χ0) is 25.5. The van der Waals surface area contributed by atoms with Crippen LogP contribution in [0.1, 0.15) is 58.7 Å². The maximum absolute atomic E-state index is 13.8. The van der Waals surface area contributed by atoms with E-state index in [0.29, 0.717) is 11.3 Å². The van der Waals surface area contributed by atoms with Gasteiger partial charge < -0.3 is 23.3 Å². The Morgan fingerprint density at radius 3 is 2.40 bits per heavy atom. The highest BCUT2D eigenvalue weighted by atomic mass is 19.1. The molecule has 0 saturated carbocycles. The number of methoxy groups -OCH3 is 1. The summed E-state index contributed by atoms with van der Waals surface area (Å²) in [6.45, 7) is 12.6. The van der Waals surface area contributed by atoms with E-state index < -0.39 is 30.1 Å². The molecular formula is C27H33BFNO5. The topological polar surface area (TPSA) is 58.9 Å². The van der Waals surface area contributed by atoms with Crippen molar-refractivity contribution in [3.8, 4) is 5.75 Å². The molecule has 1 fully saturated rings. The summed E-state index contributed by atoms with van der Waals surface area (Å²) >= 11 is 0. The van der Waals surface area contributed by atoms with Gasteiger partial charge in [0.2, 0.25) is 0 Å². The van der Waals surface area contributed by atoms with Crippen LogP contribution >= 0.6 is 0 Å². The van der Waals surface area contributed by atoms with Crippen molar-refractivity contribution in [1.29, 1.82) is 0 Å². The van der Waals surface area contributed by atoms with Gasteiger partial charge in [0, 0.05) is 23.3 Å². The lowest BCUT2D eigenvalue weighted by Gasteiger charge is -2.32. The quantitative estimate of drug-likeness (QED) is 0.353. The molecule has 1 aliphatic heterocycles. The molecule has 0 amide bonds. The molecule has 0 radical (unpaired) electrons. The van der Waals surface area contributed by atoms with Crippen molar-refractivity contribution >= 4 is 29.5 Å². The van der Waals surface area contributed by atoms with Crippen molar-refractivity contribution < 1.29 is 28.0 Å². The molecule has 1 saturated heterocycles. The molecule has 0 spiro atoms. The summed E-state index contributed by atoms with van der Waals surface area (Å²) in [6.07, 6.45) is 2.00. The van der Waals surface area contributed by atoms with Crippen LogP contribution < -0.4 is 10.2 Å². The maximum Gasteiger partial charge on any atom is 0.495 e.